The number of anilines is 1. The Morgan fingerprint density at radius 2 is 1.84 bits per heavy atom. The Labute approximate surface area is 110 Å². The summed E-state index contributed by atoms with van der Waals surface area (Å²) in [5.74, 6) is -0.609. The number of nitrogens with zero attached hydrogens (tertiary/aromatic N) is 1. The zero-order chi connectivity index (χ0) is 13.7. The first-order valence-corrected chi connectivity index (χ1v) is 5.89. The molecule has 0 saturated heterocycles. The third-order valence-electron chi connectivity index (χ3n) is 2.75. The van der Waals surface area contributed by atoms with Crippen LogP contribution in [0.3, 0.4) is 0 Å². The molecule has 0 aliphatic carbocycles. The average Bonchev–Trinajstić information content (AvgIpc) is 2.41. The van der Waals surface area contributed by atoms with Crippen LogP contribution in [-0.4, -0.2) is 11.5 Å². The third kappa shape index (κ3) is 3.28. The van der Waals surface area contributed by atoms with E-state index < -0.39 is 10.7 Å². The number of hydrogen-bond acceptors (Lipinski definition) is 3. The Morgan fingerprint density at radius 3 is 2.53 bits per heavy atom. The van der Waals surface area contributed by atoms with E-state index in [0.29, 0.717) is 13.0 Å². The Morgan fingerprint density at radius 1 is 1.11 bits per heavy atom. The Balaban J connectivity index is 2.05. The van der Waals surface area contributed by atoms with Gasteiger partial charge in [-0.2, -0.15) is 0 Å². The first-order valence-electron chi connectivity index (χ1n) is 5.89. The lowest BCUT2D eigenvalue weighted by Gasteiger charge is -2.08. The molecule has 2 rings (SSSR count). The van der Waals surface area contributed by atoms with Crippen LogP contribution >= 0.6 is 0 Å². The summed E-state index contributed by atoms with van der Waals surface area (Å²) in [6.07, 6.45) is 0.673. The Kier molecular flexibility index (Phi) is 4.07. The fourth-order valence-corrected chi connectivity index (χ4v) is 1.82. The molecule has 0 saturated carbocycles. The molecule has 2 aromatic carbocycles. The van der Waals surface area contributed by atoms with E-state index in [0.717, 1.165) is 5.56 Å². The standard InChI is InChI=1S/C14H13FN2O2/c15-12-7-4-8-13(17(18)19)14(12)16-10-9-11-5-2-1-3-6-11/h1-8,16H,9-10H2. The maximum Gasteiger partial charge on any atom is 0.295 e. The second-order valence-electron chi connectivity index (χ2n) is 4.05. The molecule has 0 aromatic heterocycles. The highest BCUT2D eigenvalue weighted by Crippen LogP contribution is 2.26. The van der Waals surface area contributed by atoms with Crippen LogP contribution in [0.15, 0.2) is 48.5 Å². The molecule has 0 bridgehead atoms. The second-order valence-corrected chi connectivity index (χ2v) is 4.05. The molecule has 0 radical (unpaired) electrons. The molecule has 0 aliphatic rings. The summed E-state index contributed by atoms with van der Waals surface area (Å²) in [7, 11) is 0. The first kappa shape index (κ1) is 13.0. The number of hydrogen-bond donors (Lipinski definition) is 1. The molecule has 5 heteroatoms. The molecule has 0 spiro atoms. The van der Waals surface area contributed by atoms with Gasteiger partial charge in [0.15, 0.2) is 5.82 Å². The Hall–Kier alpha value is -2.43. The van der Waals surface area contributed by atoms with E-state index in [1.807, 2.05) is 30.3 Å². The lowest BCUT2D eigenvalue weighted by Crippen LogP contribution is -2.08. The minimum absolute atomic E-state index is 0.0524. The van der Waals surface area contributed by atoms with Crippen molar-refractivity contribution in [1.29, 1.82) is 0 Å². The fraction of sp³-hybridized carbons (Fsp3) is 0.143. The molecule has 4 nitrogen and oxygen atoms in total. The van der Waals surface area contributed by atoms with Gasteiger partial charge in [-0.1, -0.05) is 36.4 Å². The van der Waals surface area contributed by atoms with E-state index in [1.54, 1.807) is 0 Å². The van der Waals surface area contributed by atoms with E-state index >= 15 is 0 Å². The molecule has 0 amide bonds. The van der Waals surface area contributed by atoms with Crippen LogP contribution in [0.4, 0.5) is 15.8 Å². The van der Waals surface area contributed by atoms with Gasteiger partial charge in [-0.15, -0.1) is 0 Å². The monoisotopic (exact) mass is 260 g/mol. The molecule has 0 fully saturated rings. The molecule has 0 heterocycles. The van der Waals surface area contributed by atoms with Crippen molar-refractivity contribution in [2.45, 2.75) is 6.42 Å². The summed E-state index contributed by atoms with van der Waals surface area (Å²) < 4.78 is 13.6. The van der Waals surface area contributed by atoms with Crippen molar-refractivity contribution in [2.75, 3.05) is 11.9 Å². The van der Waals surface area contributed by atoms with Crippen molar-refractivity contribution in [2.24, 2.45) is 0 Å². The number of rotatable bonds is 5. The number of nitro groups is 1. The smallest absolute Gasteiger partial charge is 0.295 e. The highest BCUT2D eigenvalue weighted by Gasteiger charge is 2.16. The number of halogens is 1. The SMILES string of the molecule is O=[N+]([O-])c1cccc(F)c1NCCc1ccccc1. The normalized spacial score (nSPS) is 10.2. The minimum atomic E-state index is -0.609. The number of nitro benzene ring substituents is 1. The zero-order valence-electron chi connectivity index (χ0n) is 10.2. The molecule has 1 N–H and O–H groups in total. The van der Waals surface area contributed by atoms with Gasteiger partial charge in [0.1, 0.15) is 5.69 Å². The predicted octanol–water partition coefficient (Wildman–Crippen LogP) is 3.39. The summed E-state index contributed by atoms with van der Waals surface area (Å²) in [5, 5.41) is 13.6. The Bertz CT molecular complexity index is 573. The average molecular weight is 260 g/mol. The highest BCUT2D eigenvalue weighted by molar-refractivity contribution is 5.62. The van der Waals surface area contributed by atoms with Gasteiger partial charge in [-0.25, -0.2) is 4.39 Å². The van der Waals surface area contributed by atoms with Crippen LogP contribution in [-0.2, 0) is 6.42 Å². The van der Waals surface area contributed by atoms with Crippen molar-refractivity contribution in [3.63, 3.8) is 0 Å². The third-order valence-corrected chi connectivity index (χ3v) is 2.75. The largest absolute Gasteiger partial charge is 0.377 e. The van der Waals surface area contributed by atoms with Crippen molar-refractivity contribution in [3.8, 4) is 0 Å². The molecule has 19 heavy (non-hydrogen) atoms. The van der Waals surface area contributed by atoms with Gasteiger partial charge in [0, 0.05) is 12.6 Å². The number of para-hydroxylation sites is 1. The highest BCUT2D eigenvalue weighted by atomic mass is 19.1. The van der Waals surface area contributed by atoms with Gasteiger partial charge < -0.3 is 5.32 Å². The van der Waals surface area contributed by atoms with Crippen LogP contribution in [0.1, 0.15) is 5.56 Å². The molecular formula is C14H13FN2O2. The van der Waals surface area contributed by atoms with E-state index in [9.17, 15) is 14.5 Å². The zero-order valence-corrected chi connectivity index (χ0v) is 10.2. The van der Waals surface area contributed by atoms with E-state index in [-0.39, 0.29) is 11.4 Å². The van der Waals surface area contributed by atoms with Crippen LogP contribution in [0.5, 0.6) is 0 Å². The first-order chi connectivity index (χ1) is 9.18. The van der Waals surface area contributed by atoms with Gasteiger partial charge in [0.25, 0.3) is 5.69 Å². The maximum atomic E-state index is 13.6. The minimum Gasteiger partial charge on any atom is -0.377 e. The van der Waals surface area contributed by atoms with Crippen molar-refractivity contribution in [3.05, 3.63) is 70.0 Å². The molecule has 0 atom stereocenters. The molecule has 98 valence electrons. The summed E-state index contributed by atoms with van der Waals surface area (Å²) >= 11 is 0. The van der Waals surface area contributed by atoms with Gasteiger partial charge in [-0.3, -0.25) is 10.1 Å². The van der Waals surface area contributed by atoms with E-state index in [1.165, 1.54) is 18.2 Å². The van der Waals surface area contributed by atoms with Crippen molar-refractivity contribution >= 4 is 11.4 Å². The second kappa shape index (κ2) is 5.95. The van der Waals surface area contributed by atoms with Gasteiger partial charge in [-0.05, 0) is 18.1 Å². The summed E-state index contributed by atoms with van der Waals surface area (Å²) in [6, 6.07) is 13.5. The van der Waals surface area contributed by atoms with Gasteiger partial charge in [0.2, 0.25) is 0 Å². The molecule has 2 aromatic rings. The maximum absolute atomic E-state index is 13.6. The van der Waals surface area contributed by atoms with Gasteiger partial charge in [0.05, 0.1) is 4.92 Å². The van der Waals surface area contributed by atoms with Crippen molar-refractivity contribution < 1.29 is 9.31 Å². The van der Waals surface area contributed by atoms with Crippen LogP contribution < -0.4 is 5.32 Å². The molecule has 0 unspecified atom stereocenters. The summed E-state index contributed by atoms with van der Waals surface area (Å²) in [5.41, 5.74) is 0.797. The number of nitrogens with one attached hydrogen (secondary N) is 1. The van der Waals surface area contributed by atoms with Crippen molar-refractivity contribution in [1.82, 2.24) is 0 Å². The number of benzene rings is 2. The van der Waals surface area contributed by atoms with Gasteiger partial charge >= 0.3 is 0 Å². The summed E-state index contributed by atoms with van der Waals surface area (Å²) in [6.45, 7) is 0.436. The molecular weight excluding hydrogens is 247 g/mol. The van der Waals surface area contributed by atoms with E-state index in [4.69, 9.17) is 0 Å². The van der Waals surface area contributed by atoms with E-state index in [2.05, 4.69) is 5.32 Å². The summed E-state index contributed by atoms with van der Waals surface area (Å²) in [4.78, 5) is 10.2. The lowest BCUT2D eigenvalue weighted by molar-refractivity contribution is -0.384. The van der Waals surface area contributed by atoms with Crippen LogP contribution in [0.2, 0.25) is 0 Å². The fourth-order valence-electron chi connectivity index (χ4n) is 1.82. The van der Waals surface area contributed by atoms with Crippen LogP contribution in [0, 0.1) is 15.9 Å². The quantitative estimate of drug-likeness (QED) is 0.662. The van der Waals surface area contributed by atoms with Crippen LogP contribution in [0.25, 0.3) is 0 Å². The lowest BCUT2D eigenvalue weighted by atomic mass is 10.1. The molecule has 0 aliphatic heterocycles. The predicted molar refractivity (Wildman–Crippen MR) is 71.7 cm³/mol. The topological polar surface area (TPSA) is 55.2 Å².